The van der Waals surface area contributed by atoms with Crippen molar-refractivity contribution in [2.45, 2.75) is 19.8 Å². The van der Waals surface area contributed by atoms with Crippen molar-refractivity contribution in [1.29, 1.82) is 0 Å². The number of hydrazone groups is 1. The molecule has 0 aliphatic carbocycles. The number of benzene rings is 1. The predicted molar refractivity (Wildman–Crippen MR) is 91.9 cm³/mol. The Kier molecular flexibility index (Phi) is 4.65. The first-order valence-corrected chi connectivity index (χ1v) is 7.80. The van der Waals surface area contributed by atoms with Gasteiger partial charge in [0.15, 0.2) is 0 Å². The van der Waals surface area contributed by atoms with Gasteiger partial charge in [-0.1, -0.05) is 6.07 Å². The molecule has 24 heavy (non-hydrogen) atoms. The van der Waals surface area contributed by atoms with Crippen molar-refractivity contribution in [3.63, 3.8) is 0 Å². The van der Waals surface area contributed by atoms with Crippen molar-refractivity contribution in [2.75, 3.05) is 11.4 Å². The Balaban J connectivity index is 1.72. The number of amides is 2. The number of nitrogens with zero attached hydrogens (tertiary/aromatic N) is 3. The lowest BCUT2D eigenvalue weighted by molar-refractivity contribution is -0.117. The number of carbonyl (C=O) groups excluding carboxylic acids is 2. The van der Waals surface area contributed by atoms with Crippen LogP contribution in [0.15, 0.2) is 53.9 Å². The molecular formula is C18H18N4O2. The minimum atomic E-state index is -0.308. The van der Waals surface area contributed by atoms with E-state index in [0.717, 1.165) is 17.7 Å². The van der Waals surface area contributed by atoms with Crippen LogP contribution in [0.4, 0.5) is 5.69 Å². The zero-order valence-electron chi connectivity index (χ0n) is 13.4. The Hall–Kier alpha value is -3.02. The molecule has 1 aromatic heterocycles. The van der Waals surface area contributed by atoms with Gasteiger partial charge in [-0.05, 0) is 43.7 Å². The third-order valence-corrected chi connectivity index (χ3v) is 3.92. The lowest BCUT2D eigenvalue weighted by atomic mass is 10.2. The van der Waals surface area contributed by atoms with Crippen molar-refractivity contribution in [3.8, 4) is 0 Å². The normalized spacial score (nSPS) is 14.8. The number of nitrogens with one attached hydrogen (secondary N) is 1. The molecule has 0 bridgehead atoms. The second kappa shape index (κ2) is 7.04. The Morgan fingerprint density at radius 1 is 1.21 bits per heavy atom. The van der Waals surface area contributed by atoms with Gasteiger partial charge in [0.2, 0.25) is 5.91 Å². The highest BCUT2D eigenvalue weighted by Crippen LogP contribution is 2.22. The second-order valence-corrected chi connectivity index (χ2v) is 5.57. The molecule has 2 amide bonds. The molecule has 6 heteroatoms. The summed E-state index contributed by atoms with van der Waals surface area (Å²) in [6, 6.07) is 10.7. The molecule has 1 N–H and O–H groups in total. The minimum absolute atomic E-state index is 0.0964. The van der Waals surface area contributed by atoms with Crippen LogP contribution in [0.5, 0.6) is 0 Å². The number of hydrogen-bond acceptors (Lipinski definition) is 4. The van der Waals surface area contributed by atoms with Crippen LogP contribution < -0.4 is 10.3 Å². The largest absolute Gasteiger partial charge is 0.312 e. The Morgan fingerprint density at radius 2 is 2.00 bits per heavy atom. The average molecular weight is 322 g/mol. The van der Waals surface area contributed by atoms with Crippen LogP contribution in [0.1, 0.15) is 35.7 Å². The molecule has 1 aliphatic rings. The van der Waals surface area contributed by atoms with Crippen molar-refractivity contribution in [2.24, 2.45) is 5.10 Å². The average Bonchev–Trinajstić information content (AvgIpc) is 3.06. The van der Waals surface area contributed by atoms with Crippen LogP contribution in [0.3, 0.4) is 0 Å². The maximum atomic E-state index is 12.3. The van der Waals surface area contributed by atoms with E-state index in [1.807, 2.05) is 25.1 Å². The van der Waals surface area contributed by atoms with E-state index < -0.39 is 0 Å². The number of carbonyl (C=O) groups is 2. The number of rotatable bonds is 4. The van der Waals surface area contributed by atoms with E-state index in [4.69, 9.17) is 0 Å². The summed E-state index contributed by atoms with van der Waals surface area (Å²) in [5.41, 5.74) is 5.35. The highest BCUT2D eigenvalue weighted by atomic mass is 16.2. The molecule has 0 saturated carbocycles. The molecule has 2 heterocycles. The highest BCUT2D eigenvalue weighted by molar-refractivity contribution is 6.01. The summed E-state index contributed by atoms with van der Waals surface area (Å²) < 4.78 is 0. The maximum Gasteiger partial charge on any atom is 0.271 e. The lowest BCUT2D eigenvalue weighted by Crippen LogP contribution is -2.24. The topological polar surface area (TPSA) is 74.7 Å². The first-order valence-electron chi connectivity index (χ1n) is 7.80. The van der Waals surface area contributed by atoms with Crippen LogP contribution in [0, 0.1) is 0 Å². The molecule has 1 aliphatic heterocycles. The van der Waals surface area contributed by atoms with Gasteiger partial charge in [0.05, 0.1) is 5.71 Å². The fourth-order valence-electron chi connectivity index (χ4n) is 2.59. The van der Waals surface area contributed by atoms with Gasteiger partial charge in [0.25, 0.3) is 5.91 Å². The van der Waals surface area contributed by atoms with Crippen LogP contribution in [0.2, 0.25) is 0 Å². The summed E-state index contributed by atoms with van der Waals surface area (Å²) in [5.74, 6) is -0.212. The van der Waals surface area contributed by atoms with Gasteiger partial charge in [-0.15, -0.1) is 0 Å². The van der Waals surface area contributed by atoms with Crippen molar-refractivity contribution in [1.82, 2.24) is 10.4 Å². The number of pyridine rings is 1. The molecule has 0 radical (unpaired) electrons. The van der Waals surface area contributed by atoms with E-state index in [9.17, 15) is 9.59 Å². The fourth-order valence-corrected chi connectivity index (χ4v) is 2.59. The van der Waals surface area contributed by atoms with Gasteiger partial charge >= 0.3 is 0 Å². The molecular weight excluding hydrogens is 304 g/mol. The fraction of sp³-hybridized carbons (Fsp3) is 0.222. The summed E-state index contributed by atoms with van der Waals surface area (Å²) in [5, 5.41) is 4.12. The molecule has 0 spiro atoms. The maximum absolute atomic E-state index is 12.3. The van der Waals surface area contributed by atoms with Crippen LogP contribution >= 0.6 is 0 Å². The van der Waals surface area contributed by atoms with E-state index in [1.54, 1.807) is 35.5 Å². The highest BCUT2D eigenvalue weighted by Gasteiger charge is 2.22. The molecule has 1 aromatic carbocycles. The summed E-state index contributed by atoms with van der Waals surface area (Å²) in [4.78, 5) is 29.8. The van der Waals surface area contributed by atoms with Crippen molar-refractivity contribution >= 4 is 23.2 Å². The number of hydrogen-bond donors (Lipinski definition) is 1. The Morgan fingerprint density at radius 3 is 2.71 bits per heavy atom. The third kappa shape index (κ3) is 3.48. The summed E-state index contributed by atoms with van der Waals surface area (Å²) in [7, 11) is 0. The molecule has 0 atom stereocenters. The first kappa shape index (κ1) is 15.9. The third-order valence-electron chi connectivity index (χ3n) is 3.92. The number of anilines is 1. The first-order chi connectivity index (χ1) is 11.6. The molecule has 2 aromatic rings. The lowest BCUT2D eigenvalue weighted by Gasteiger charge is -2.16. The molecule has 1 fully saturated rings. The predicted octanol–water partition coefficient (Wildman–Crippen LogP) is 2.36. The monoisotopic (exact) mass is 322 g/mol. The quantitative estimate of drug-likeness (QED) is 0.693. The Labute approximate surface area is 140 Å². The zero-order valence-corrected chi connectivity index (χ0v) is 13.4. The SMILES string of the molecule is C/C(=N\NC(=O)c1cccc(N2CCCC2=O)c1)c1ccncc1. The van der Waals surface area contributed by atoms with E-state index in [0.29, 0.717) is 24.2 Å². The summed E-state index contributed by atoms with van der Waals surface area (Å²) >= 11 is 0. The van der Waals surface area contributed by atoms with Gasteiger partial charge in [-0.3, -0.25) is 14.6 Å². The molecule has 122 valence electrons. The standard InChI is InChI=1S/C18H18N4O2/c1-13(14-7-9-19-10-8-14)20-21-18(24)15-4-2-5-16(12-15)22-11-3-6-17(22)23/h2,4-5,7-10,12H,3,6,11H2,1H3,(H,21,24)/b20-13+. The zero-order chi connectivity index (χ0) is 16.9. The van der Waals surface area contributed by atoms with Gasteiger partial charge in [0.1, 0.15) is 0 Å². The Bertz CT molecular complexity index is 787. The minimum Gasteiger partial charge on any atom is -0.312 e. The smallest absolute Gasteiger partial charge is 0.271 e. The second-order valence-electron chi connectivity index (χ2n) is 5.57. The van der Waals surface area contributed by atoms with Crippen LogP contribution in [-0.2, 0) is 4.79 Å². The van der Waals surface area contributed by atoms with Gasteiger partial charge in [0, 0.05) is 42.2 Å². The molecule has 3 rings (SSSR count). The van der Waals surface area contributed by atoms with E-state index in [2.05, 4.69) is 15.5 Å². The number of aromatic nitrogens is 1. The van der Waals surface area contributed by atoms with Crippen molar-refractivity contribution < 1.29 is 9.59 Å². The van der Waals surface area contributed by atoms with E-state index in [1.165, 1.54) is 0 Å². The van der Waals surface area contributed by atoms with Gasteiger partial charge < -0.3 is 4.90 Å². The van der Waals surface area contributed by atoms with Gasteiger partial charge in [-0.2, -0.15) is 5.10 Å². The summed E-state index contributed by atoms with van der Waals surface area (Å²) in [6.07, 6.45) is 4.76. The molecule has 0 unspecified atom stereocenters. The van der Waals surface area contributed by atoms with Crippen LogP contribution in [0.25, 0.3) is 0 Å². The van der Waals surface area contributed by atoms with Crippen molar-refractivity contribution in [3.05, 3.63) is 59.9 Å². The van der Waals surface area contributed by atoms with E-state index in [-0.39, 0.29) is 11.8 Å². The molecule has 1 saturated heterocycles. The van der Waals surface area contributed by atoms with E-state index >= 15 is 0 Å². The van der Waals surface area contributed by atoms with Gasteiger partial charge in [-0.25, -0.2) is 5.43 Å². The van der Waals surface area contributed by atoms with Crippen LogP contribution in [-0.4, -0.2) is 29.1 Å². The molecule has 6 nitrogen and oxygen atoms in total. The summed E-state index contributed by atoms with van der Waals surface area (Å²) in [6.45, 7) is 2.51.